The van der Waals surface area contributed by atoms with Gasteiger partial charge in [0, 0.05) is 23.2 Å². The molecule has 1 N–H and O–H groups in total. The minimum atomic E-state index is -0.580. The zero-order valence-corrected chi connectivity index (χ0v) is 15.2. The molecule has 2 rings (SSSR count). The molecule has 6 heteroatoms. The van der Waals surface area contributed by atoms with Crippen molar-refractivity contribution in [2.75, 3.05) is 34.5 Å². The summed E-state index contributed by atoms with van der Waals surface area (Å²) in [5.41, 5.74) is 2.60. The highest BCUT2D eigenvalue weighted by Gasteiger charge is 2.36. The van der Waals surface area contributed by atoms with Gasteiger partial charge in [-0.15, -0.1) is 0 Å². The monoisotopic (exact) mass is 337 g/mol. The Labute approximate surface area is 143 Å². The van der Waals surface area contributed by atoms with Crippen molar-refractivity contribution in [2.45, 2.75) is 39.2 Å². The Balaban J connectivity index is 2.52. The third kappa shape index (κ3) is 3.29. The van der Waals surface area contributed by atoms with Crippen molar-refractivity contribution in [3.8, 4) is 17.2 Å². The van der Waals surface area contributed by atoms with E-state index in [1.807, 2.05) is 6.92 Å². The van der Waals surface area contributed by atoms with Crippen molar-refractivity contribution in [3.05, 3.63) is 16.7 Å². The Bertz CT molecular complexity index is 575. The quantitative estimate of drug-likeness (QED) is 0.609. The molecule has 1 unspecified atom stereocenters. The van der Waals surface area contributed by atoms with Crippen LogP contribution in [0.4, 0.5) is 0 Å². The lowest BCUT2D eigenvalue weighted by Gasteiger charge is -2.30. The number of carbonyl (C=O) groups excluding carboxylic acids is 1. The summed E-state index contributed by atoms with van der Waals surface area (Å²) >= 11 is 0. The fourth-order valence-corrected chi connectivity index (χ4v) is 3.20. The number of hydrogen-bond donors (Lipinski definition) is 1. The van der Waals surface area contributed by atoms with Gasteiger partial charge in [-0.05, 0) is 19.8 Å². The van der Waals surface area contributed by atoms with Crippen molar-refractivity contribution < 1.29 is 23.7 Å². The highest BCUT2D eigenvalue weighted by Crippen LogP contribution is 2.47. The maximum atomic E-state index is 12.6. The van der Waals surface area contributed by atoms with E-state index in [0.29, 0.717) is 24.7 Å². The van der Waals surface area contributed by atoms with Crippen LogP contribution in [0.3, 0.4) is 0 Å². The molecule has 1 aromatic carbocycles. The molecule has 0 spiro atoms. The van der Waals surface area contributed by atoms with Crippen LogP contribution < -0.4 is 19.5 Å². The number of ether oxygens (including phenoxy) is 4. The Morgan fingerprint density at radius 1 is 1.12 bits per heavy atom. The molecule has 0 aliphatic carbocycles. The van der Waals surface area contributed by atoms with E-state index >= 15 is 0 Å². The number of unbranched alkanes of at least 4 members (excludes halogenated alkanes) is 1. The number of esters is 1. The summed E-state index contributed by atoms with van der Waals surface area (Å²) in [5.74, 6) is 1.60. The summed E-state index contributed by atoms with van der Waals surface area (Å²) in [5, 5.41) is 3.23. The fraction of sp³-hybridized carbons (Fsp3) is 0.611. The second kappa shape index (κ2) is 8.24. The van der Waals surface area contributed by atoms with Gasteiger partial charge in [-0.1, -0.05) is 13.3 Å². The van der Waals surface area contributed by atoms with Gasteiger partial charge in [0.2, 0.25) is 0 Å². The number of hydrogen-bond acceptors (Lipinski definition) is 6. The summed E-state index contributed by atoms with van der Waals surface area (Å²) in [6, 6.07) is -0.580. The topological polar surface area (TPSA) is 66.0 Å². The molecule has 24 heavy (non-hydrogen) atoms. The summed E-state index contributed by atoms with van der Waals surface area (Å²) in [7, 11) is 4.80. The van der Waals surface area contributed by atoms with E-state index < -0.39 is 6.04 Å². The van der Waals surface area contributed by atoms with E-state index in [2.05, 4.69) is 12.2 Å². The summed E-state index contributed by atoms with van der Waals surface area (Å²) < 4.78 is 22.1. The van der Waals surface area contributed by atoms with E-state index in [4.69, 9.17) is 18.9 Å². The summed E-state index contributed by atoms with van der Waals surface area (Å²) in [4.78, 5) is 12.6. The smallest absolute Gasteiger partial charge is 0.327 e. The molecule has 1 aromatic rings. The molecular formula is C18H27NO5. The number of benzene rings is 1. The Morgan fingerprint density at radius 3 is 2.38 bits per heavy atom. The van der Waals surface area contributed by atoms with E-state index in [-0.39, 0.29) is 5.97 Å². The minimum Gasteiger partial charge on any atom is -0.496 e. The van der Waals surface area contributed by atoms with Crippen LogP contribution >= 0.6 is 0 Å². The van der Waals surface area contributed by atoms with Crippen LogP contribution in [0.2, 0.25) is 0 Å². The molecular weight excluding hydrogens is 310 g/mol. The number of methoxy groups -OCH3 is 3. The highest BCUT2D eigenvalue weighted by molar-refractivity contribution is 5.82. The molecule has 0 bridgehead atoms. The first kappa shape index (κ1) is 18.4. The van der Waals surface area contributed by atoms with Crippen molar-refractivity contribution in [3.63, 3.8) is 0 Å². The zero-order valence-electron chi connectivity index (χ0n) is 15.2. The largest absolute Gasteiger partial charge is 0.496 e. The molecule has 0 radical (unpaired) electrons. The van der Waals surface area contributed by atoms with E-state index in [1.54, 1.807) is 21.3 Å². The third-order valence-corrected chi connectivity index (χ3v) is 4.33. The Kier molecular flexibility index (Phi) is 6.31. The van der Waals surface area contributed by atoms with Crippen LogP contribution in [0.25, 0.3) is 0 Å². The lowest BCUT2D eigenvalue weighted by molar-refractivity contribution is -0.146. The number of nitrogens with one attached hydrogen (secondary N) is 1. The van der Waals surface area contributed by atoms with Gasteiger partial charge < -0.3 is 24.3 Å². The predicted octanol–water partition coefficient (Wildman–Crippen LogP) is 2.55. The molecule has 1 heterocycles. The van der Waals surface area contributed by atoms with Crippen LogP contribution in [0, 0.1) is 6.92 Å². The zero-order chi connectivity index (χ0) is 17.7. The van der Waals surface area contributed by atoms with Crippen molar-refractivity contribution in [2.24, 2.45) is 0 Å². The number of carbonyl (C=O) groups is 1. The van der Waals surface area contributed by atoms with Gasteiger partial charge in [-0.25, -0.2) is 4.79 Å². The molecule has 134 valence electrons. The average Bonchev–Trinajstić information content (AvgIpc) is 2.60. The van der Waals surface area contributed by atoms with Gasteiger partial charge in [0.15, 0.2) is 11.5 Å². The molecule has 0 amide bonds. The summed E-state index contributed by atoms with van der Waals surface area (Å²) in [6.07, 6.45) is 2.58. The van der Waals surface area contributed by atoms with Gasteiger partial charge in [-0.3, -0.25) is 0 Å². The van der Waals surface area contributed by atoms with Crippen LogP contribution in [-0.2, 0) is 16.0 Å². The first-order valence-electron chi connectivity index (χ1n) is 8.31. The lowest BCUT2D eigenvalue weighted by Crippen LogP contribution is -2.37. The van der Waals surface area contributed by atoms with Gasteiger partial charge in [-0.2, -0.15) is 0 Å². The predicted molar refractivity (Wildman–Crippen MR) is 91.1 cm³/mol. The Hall–Kier alpha value is -1.95. The molecule has 0 saturated carbocycles. The molecule has 0 saturated heterocycles. The molecule has 1 aliphatic rings. The first-order chi connectivity index (χ1) is 11.6. The first-order valence-corrected chi connectivity index (χ1v) is 8.31. The average molecular weight is 337 g/mol. The second-order valence-corrected chi connectivity index (χ2v) is 5.78. The Morgan fingerprint density at radius 2 is 1.79 bits per heavy atom. The molecule has 0 aromatic heterocycles. The number of fused-ring (bicyclic) bond motifs is 1. The van der Waals surface area contributed by atoms with Crippen molar-refractivity contribution in [1.82, 2.24) is 5.32 Å². The van der Waals surface area contributed by atoms with Gasteiger partial charge in [0.1, 0.15) is 11.8 Å². The maximum Gasteiger partial charge on any atom is 0.327 e. The van der Waals surface area contributed by atoms with E-state index in [1.165, 1.54) is 0 Å². The third-order valence-electron chi connectivity index (χ3n) is 4.33. The normalized spacial score (nSPS) is 16.3. The second-order valence-electron chi connectivity index (χ2n) is 5.78. The summed E-state index contributed by atoms with van der Waals surface area (Å²) in [6.45, 7) is 5.08. The van der Waals surface area contributed by atoms with Gasteiger partial charge in [0.25, 0.3) is 0 Å². The van der Waals surface area contributed by atoms with Crippen molar-refractivity contribution in [1.29, 1.82) is 0 Å². The van der Waals surface area contributed by atoms with E-state index in [9.17, 15) is 4.79 Å². The van der Waals surface area contributed by atoms with Crippen LogP contribution in [0.1, 0.15) is 42.5 Å². The molecule has 1 aliphatic heterocycles. The minimum absolute atomic E-state index is 0.296. The molecule has 1 atom stereocenters. The maximum absolute atomic E-state index is 12.6. The fourth-order valence-electron chi connectivity index (χ4n) is 3.20. The van der Waals surface area contributed by atoms with Crippen molar-refractivity contribution >= 4 is 5.97 Å². The standard InChI is InChI=1S/C18H27NO5/c1-6-7-10-24-18(20)14-13-12(8-9-19-14)15(21-3)11(2)16(22-4)17(13)23-5/h14,19H,6-10H2,1-5H3. The van der Waals surface area contributed by atoms with Crippen LogP contribution in [0.15, 0.2) is 0 Å². The van der Waals surface area contributed by atoms with Gasteiger partial charge in [0.05, 0.1) is 27.9 Å². The lowest BCUT2D eigenvalue weighted by atomic mass is 9.89. The van der Waals surface area contributed by atoms with E-state index in [0.717, 1.165) is 41.7 Å². The SMILES string of the molecule is CCCCOC(=O)C1NCCc2c(OC)c(C)c(OC)c(OC)c21. The number of rotatable bonds is 7. The van der Waals surface area contributed by atoms with Crippen LogP contribution in [-0.4, -0.2) is 40.5 Å². The molecule has 6 nitrogen and oxygen atoms in total. The highest BCUT2D eigenvalue weighted by atomic mass is 16.5. The van der Waals surface area contributed by atoms with Gasteiger partial charge >= 0.3 is 5.97 Å². The van der Waals surface area contributed by atoms with Crippen LogP contribution in [0.5, 0.6) is 17.2 Å². The molecule has 0 fully saturated rings.